The first-order valence-corrected chi connectivity index (χ1v) is 14.6. The Balaban J connectivity index is 2.14. The lowest BCUT2D eigenvalue weighted by Crippen LogP contribution is -2.63. The first-order valence-electron chi connectivity index (χ1n) is 9.75. The monoisotopic (exact) mass is 868 g/mol. The van der Waals surface area contributed by atoms with E-state index in [2.05, 4.69) is 72.5 Å². The third-order valence-electron chi connectivity index (χ3n) is 5.55. The lowest BCUT2D eigenvalue weighted by Gasteiger charge is -2.37. The van der Waals surface area contributed by atoms with Crippen molar-refractivity contribution in [1.29, 1.82) is 0 Å². The van der Waals surface area contributed by atoms with E-state index < -0.39 is 51.6 Å². The predicted molar refractivity (Wildman–Crippen MR) is 136 cm³/mol. The number of halogens is 9. The van der Waals surface area contributed by atoms with E-state index in [0.29, 0.717) is 0 Å². The third kappa shape index (κ3) is 7.78. The van der Waals surface area contributed by atoms with Gasteiger partial charge in [0.1, 0.15) is 11.5 Å². The van der Waals surface area contributed by atoms with E-state index >= 15 is 0 Å². The SMILES string of the molecule is O=C(Cc1c(I)cc(I)cc1I)C1CCC(C(=O)OC(CS(=O)(=O)O)(C(F)(F)F)C(F)(F)F)CC1. The van der Waals surface area contributed by atoms with Crippen LogP contribution in [0.1, 0.15) is 31.2 Å². The Morgan fingerprint density at radius 2 is 1.34 bits per heavy atom. The van der Waals surface area contributed by atoms with Crippen molar-refractivity contribution in [2.24, 2.45) is 11.8 Å². The van der Waals surface area contributed by atoms with Gasteiger partial charge in [-0.05, 0) is 111 Å². The molecule has 1 aliphatic carbocycles. The fraction of sp³-hybridized carbons (Fsp3) is 0.579. The van der Waals surface area contributed by atoms with Crippen LogP contribution in [0.25, 0.3) is 0 Å². The van der Waals surface area contributed by atoms with Crippen LogP contribution >= 0.6 is 67.8 Å². The zero-order valence-electron chi connectivity index (χ0n) is 17.4. The highest BCUT2D eigenvalue weighted by molar-refractivity contribution is 14.1. The molecule has 35 heavy (non-hydrogen) atoms. The molecule has 0 aliphatic heterocycles. The van der Waals surface area contributed by atoms with Crippen LogP contribution in [-0.2, 0) is 30.9 Å². The van der Waals surface area contributed by atoms with Crippen LogP contribution in [0.4, 0.5) is 26.3 Å². The van der Waals surface area contributed by atoms with Gasteiger partial charge in [-0.25, -0.2) is 0 Å². The van der Waals surface area contributed by atoms with Gasteiger partial charge in [0.2, 0.25) is 0 Å². The number of carbonyl (C=O) groups excluding carboxylic acids is 2. The first-order chi connectivity index (χ1) is 15.8. The number of ketones is 1. The number of esters is 1. The molecule has 1 fully saturated rings. The van der Waals surface area contributed by atoms with Gasteiger partial charge in [-0.3, -0.25) is 14.1 Å². The Bertz CT molecular complexity index is 1040. The van der Waals surface area contributed by atoms with Crippen LogP contribution in [0.5, 0.6) is 0 Å². The second-order valence-electron chi connectivity index (χ2n) is 8.01. The lowest BCUT2D eigenvalue weighted by atomic mass is 9.79. The standard InChI is InChI=1S/C19H17F6I3O6S/c20-18(21,22)17(19(23,24)25,8-35(31,32)33)34-16(30)10-3-1-9(2-4-10)15(29)7-12-13(27)5-11(26)6-14(12)28/h5-6,9-10H,1-4,7-8H2,(H,31,32,33). The number of hydrogen-bond donors (Lipinski definition) is 1. The molecule has 0 radical (unpaired) electrons. The average Bonchev–Trinajstić information content (AvgIpc) is 2.67. The molecule has 16 heteroatoms. The molecular weight excluding hydrogens is 851 g/mol. The molecule has 0 atom stereocenters. The quantitative estimate of drug-likeness (QED) is 0.163. The Morgan fingerprint density at radius 1 is 0.914 bits per heavy atom. The molecular formula is C19H17F6I3O6S. The number of rotatable bonds is 7. The summed E-state index contributed by atoms with van der Waals surface area (Å²) in [6.45, 7) is 0. The fourth-order valence-electron chi connectivity index (χ4n) is 3.69. The maximum Gasteiger partial charge on any atom is 0.438 e. The second-order valence-corrected chi connectivity index (χ2v) is 13.0. The molecule has 0 bridgehead atoms. The lowest BCUT2D eigenvalue weighted by molar-refractivity contribution is -0.362. The molecule has 2 rings (SSSR count). The van der Waals surface area contributed by atoms with Crippen molar-refractivity contribution < 1.29 is 53.6 Å². The van der Waals surface area contributed by atoms with Crippen molar-refractivity contribution >= 4 is 89.6 Å². The minimum absolute atomic E-state index is 0.0411. The van der Waals surface area contributed by atoms with E-state index in [1.165, 1.54) is 0 Å². The summed E-state index contributed by atoms with van der Waals surface area (Å²) in [5, 5.41) is 0. The Hall–Kier alpha value is 0.0400. The highest BCUT2D eigenvalue weighted by atomic mass is 127. The highest BCUT2D eigenvalue weighted by Gasteiger charge is 2.76. The van der Waals surface area contributed by atoms with E-state index in [-0.39, 0.29) is 37.9 Å². The number of hydrogen-bond acceptors (Lipinski definition) is 5. The van der Waals surface area contributed by atoms with Gasteiger partial charge in [0.25, 0.3) is 10.1 Å². The number of benzene rings is 1. The minimum Gasteiger partial charge on any atom is -0.438 e. The van der Waals surface area contributed by atoms with Crippen LogP contribution < -0.4 is 0 Å². The van der Waals surface area contributed by atoms with Crippen LogP contribution in [0.2, 0.25) is 0 Å². The van der Waals surface area contributed by atoms with E-state index in [0.717, 1.165) is 16.3 Å². The molecule has 198 valence electrons. The minimum atomic E-state index is -6.37. The summed E-state index contributed by atoms with van der Waals surface area (Å²) in [5.41, 5.74) is -4.61. The molecule has 1 saturated carbocycles. The molecule has 1 aromatic carbocycles. The summed E-state index contributed by atoms with van der Waals surface area (Å²) in [6, 6.07) is 3.78. The van der Waals surface area contributed by atoms with Gasteiger partial charge < -0.3 is 4.74 Å². The molecule has 0 amide bonds. The zero-order chi connectivity index (χ0) is 27.0. The summed E-state index contributed by atoms with van der Waals surface area (Å²) in [7, 11) is -5.85. The maximum atomic E-state index is 13.4. The molecule has 0 aromatic heterocycles. The van der Waals surface area contributed by atoms with Crippen molar-refractivity contribution in [3.63, 3.8) is 0 Å². The average molecular weight is 868 g/mol. The Morgan fingerprint density at radius 3 is 1.74 bits per heavy atom. The summed E-state index contributed by atoms with van der Waals surface area (Å²) in [5.74, 6) is -6.92. The number of ether oxygens (including phenoxy) is 1. The smallest absolute Gasteiger partial charge is 0.438 e. The van der Waals surface area contributed by atoms with Gasteiger partial charge >= 0.3 is 23.9 Å². The number of carbonyl (C=O) groups is 2. The Kier molecular flexibility index (Phi) is 10.2. The molecule has 0 unspecified atom stereocenters. The second kappa shape index (κ2) is 11.4. The van der Waals surface area contributed by atoms with E-state index in [1.54, 1.807) is 0 Å². The largest absolute Gasteiger partial charge is 0.438 e. The maximum absolute atomic E-state index is 13.4. The van der Waals surface area contributed by atoms with Crippen LogP contribution in [0, 0.1) is 22.5 Å². The van der Waals surface area contributed by atoms with Gasteiger partial charge in [-0.15, -0.1) is 0 Å². The van der Waals surface area contributed by atoms with Gasteiger partial charge in [0, 0.05) is 23.0 Å². The fourth-order valence-corrected chi connectivity index (χ4v) is 8.56. The topological polar surface area (TPSA) is 97.7 Å². The van der Waals surface area contributed by atoms with E-state index in [9.17, 15) is 44.3 Å². The first kappa shape index (κ1) is 31.3. The molecule has 0 heterocycles. The van der Waals surface area contributed by atoms with Crippen LogP contribution in [0.15, 0.2) is 12.1 Å². The highest BCUT2D eigenvalue weighted by Crippen LogP contribution is 2.47. The van der Waals surface area contributed by atoms with Crippen molar-refractivity contribution in [3.05, 3.63) is 28.4 Å². The summed E-state index contributed by atoms with van der Waals surface area (Å²) in [4.78, 5) is 25.1. The van der Waals surface area contributed by atoms with E-state index in [1.807, 2.05) is 12.1 Å². The third-order valence-corrected chi connectivity index (χ3v) is 8.87. The molecule has 6 nitrogen and oxygen atoms in total. The van der Waals surface area contributed by atoms with Gasteiger partial charge in [-0.2, -0.15) is 34.8 Å². The van der Waals surface area contributed by atoms with Crippen LogP contribution in [0.3, 0.4) is 0 Å². The van der Waals surface area contributed by atoms with Gasteiger partial charge in [-0.1, -0.05) is 0 Å². The van der Waals surface area contributed by atoms with Crippen molar-refractivity contribution in [3.8, 4) is 0 Å². The van der Waals surface area contributed by atoms with Gasteiger partial charge in [0.05, 0.1) is 5.92 Å². The molecule has 0 saturated heterocycles. The van der Waals surface area contributed by atoms with Crippen molar-refractivity contribution in [2.45, 2.75) is 50.1 Å². The molecule has 0 spiro atoms. The normalized spacial score (nSPS) is 19.9. The van der Waals surface area contributed by atoms with Crippen molar-refractivity contribution in [1.82, 2.24) is 0 Å². The predicted octanol–water partition coefficient (Wildman–Crippen LogP) is 5.71. The summed E-state index contributed by atoms with van der Waals surface area (Å²) >= 11 is 6.32. The molecule has 1 N–H and O–H groups in total. The van der Waals surface area contributed by atoms with Crippen LogP contribution in [-0.4, -0.2) is 48.4 Å². The van der Waals surface area contributed by atoms with Crippen molar-refractivity contribution in [2.75, 3.05) is 5.75 Å². The number of Topliss-reactive ketones (excluding diaryl/α,β-unsaturated/α-hetero) is 1. The zero-order valence-corrected chi connectivity index (χ0v) is 24.6. The van der Waals surface area contributed by atoms with E-state index in [4.69, 9.17) is 4.55 Å². The molecule has 1 aromatic rings. The number of alkyl halides is 6. The molecule has 1 aliphatic rings. The van der Waals surface area contributed by atoms with Gasteiger partial charge in [0.15, 0.2) is 0 Å². The summed E-state index contributed by atoms with van der Waals surface area (Å²) < 4.78 is 117. The summed E-state index contributed by atoms with van der Waals surface area (Å²) in [6.07, 6.45) is -13.0. The Labute approximate surface area is 237 Å².